The molecule has 0 amide bonds. The highest BCUT2D eigenvalue weighted by molar-refractivity contribution is 6.65. The first-order valence-corrected chi connectivity index (χ1v) is 10.7. The normalized spacial score (nSPS) is 13.8. The maximum absolute atomic E-state index is 13.7. The highest BCUT2D eigenvalue weighted by atomic mass is 35.5. The van der Waals surface area contributed by atoms with Crippen molar-refractivity contribution in [3.63, 3.8) is 0 Å². The second kappa shape index (κ2) is 9.76. The number of nitrogens with zero attached hydrogens (tertiary/aromatic N) is 1. The molecule has 0 bridgehead atoms. The molecule has 0 saturated carbocycles. The summed E-state index contributed by atoms with van der Waals surface area (Å²) < 4.78 is 46.7. The summed E-state index contributed by atoms with van der Waals surface area (Å²) >= 11 is 6.34. The molecule has 35 heavy (non-hydrogen) atoms. The van der Waals surface area contributed by atoms with Crippen LogP contribution in [0, 0.1) is 0 Å². The smallest absolute Gasteiger partial charge is 0.417 e. The summed E-state index contributed by atoms with van der Waals surface area (Å²) in [7, 11) is 0. The van der Waals surface area contributed by atoms with E-state index in [0.717, 1.165) is 6.07 Å². The number of aliphatic carboxylic acids is 1. The summed E-state index contributed by atoms with van der Waals surface area (Å²) in [4.78, 5) is 26.7. The van der Waals surface area contributed by atoms with Gasteiger partial charge in [-0.15, -0.1) is 0 Å². The number of carboxylic acid groups (broad SMARTS) is 1. The summed E-state index contributed by atoms with van der Waals surface area (Å²) in [6, 6.07) is 17.0. The Balaban J connectivity index is 1.53. The van der Waals surface area contributed by atoms with Crippen LogP contribution in [0.4, 0.5) is 13.2 Å². The number of carbonyl (C=O) groups excluding carboxylic acids is 1. The van der Waals surface area contributed by atoms with Crippen molar-refractivity contribution in [2.45, 2.75) is 19.2 Å². The molecule has 5 nitrogen and oxygen atoms in total. The van der Waals surface area contributed by atoms with E-state index in [2.05, 4.69) is 4.99 Å². The Morgan fingerprint density at radius 3 is 2.37 bits per heavy atom. The summed E-state index contributed by atoms with van der Waals surface area (Å²) in [6.45, 7) is -0.0404. The van der Waals surface area contributed by atoms with E-state index in [1.165, 1.54) is 18.3 Å². The summed E-state index contributed by atoms with van der Waals surface area (Å²) in [5.74, 6) is -1.97. The number of rotatable bonds is 6. The molecule has 0 atom stereocenters. The molecular formula is C26H17ClF3NO4. The number of benzene rings is 3. The molecule has 4 rings (SSSR count). The van der Waals surface area contributed by atoms with Crippen LogP contribution in [-0.4, -0.2) is 22.6 Å². The molecule has 1 N–H and O–H groups in total. The molecule has 3 aromatic rings. The lowest BCUT2D eigenvalue weighted by Gasteiger charge is -2.16. The number of carbonyl (C=O) groups is 2. The van der Waals surface area contributed by atoms with Gasteiger partial charge in [0.2, 0.25) is 0 Å². The van der Waals surface area contributed by atoms with Gasteiger partial charge in [0.1, 0.15) is 12.4 Å². The van der Waals surface area contributed by atoms with Crippen LogP contribution in [0.3, 0.4) is 0 Å². The lowest BCUT2D eigenvalue weighted by atomic mass is 9.96. The number of carboxylic acids is 1. The minimum Gasteiger partial charge on any atom is -0.489 e. The number of halogens is 4. The van der Waals surface area contributed by atoms with E-state index >= 15 is 0 Å². The number of alkyl halides is 3. The summed E-state index contributed by atoms with van der Waals surface area (Å²) in [5, 5.41) is 9.23. The summed E-state index contributed by atoms with van der Waals surface area (Å²) in [6.07, 6.45) is -3.44. The Morgan fingerprint density at radius 2 is 1.74 bits per heavy atom. The van der Waals surface area contributed by atoms with Gasteiger partial charge in [-0.3, -0.25) is 4.79 Å². The van der Waals surface area contributed by atoms with Gasteiger partial charge in [0.15, 0.2) is 11.5 Å². The van der Waals surface area contributed by atoms with E-state index in [9.17, 15) is 22.8 Å². The monoisotopic (exact) mass is 499 g/mol. The lowest BCUT2D eigenvalue weighted by molar-refractivity contribution is -0.137. The van der Waals surface area contributed by atoms with Crippen LogP contribution in [0.15, 0.2) is 77.9 Å². The van der Waals surface area contributed by atoms with Crippen molar-refractivity contribution in [2.24, 2.45) is 4.99 Å². The van der Waals surface area contributed by atoms with Crippen LogP contribution in [0.25, 0.3) is 16.7 Å². The molecule has 0 spiro atoms. The molecule has 1 aliphatic heterocycles. The lowest BCUT2D eigenvalue weighted by Crippen LogP contribution is -2.25. The third-order valence-electron chi connectivity index (χ3n) is 5.33. The SMILES string of the molecule is O=C(O)C1=NC=C(c2ccc(COc3ccc(-c4ccccc4)c(C(F)(F)F)c3)cc2Cl)CC1=O. The molecule has 3 aromatic carbocycles. The van der Waals surface area contributed by atoms with Gasteiger partial charge in [0.05, 0.1) is 5.56 Å². The second-order valence-corrected chi connectivity index (χ2v) is 8.12. The zero-order chi connectivity index (χ0) is 25.2. The topological polar surface area (TPSA) is 76.0 Å². The van der Waals surface area contributed by atoms with E-state index in [1.54, 1.807) is 48.5 Å². The van der Waals surface area contributed by atoms with Crippen LogP contribution in [0.1, 0.15) is 23.1 Å². The van der Waals surface area contributed by atoms with Gasteiger partial charge in [0, 0.05) is 17.6 Å². The highest BCUT2D eigenvalue weighted by Gasteiger charge is 2.34. The average Bonchev–Trinajstić information content (AvgIpc) is 2.82. The van der Waals surface area contributed by atoms with Crippen molar-refractivity contribution in [2.75, 3.05) is 0 Å². The molecular weight excluding hydrogens is 483 g/mol. The number of hydrogen-bond acceptors (Lipinski definition) is 4. The number of ether oxygens (including phenoxy) is 1. The first-order valence-electron chi connectivity index (χ1n) is 10.3. The maximum Gasteiger partial charge on any atom is 0.417 e. The van der Waals surface area contributed by atoms with Crippen molar-refractivity contribution in [1.82, 2.24) is 0 Å². The molecule has 1 heterocycles. The van der Waals surface area contributed by atoms with Crippen molar-refractivity contribution < 1.29 is 32.6 Å². The Kier molecular flexibility index (Phi) is 6.75. The zero-order valence-electron chi connectivity index (χ0n) is 18.0. The Bertz CT molecular complexity index is 1360. The minimum absolute atomic E-state index is 0.0404. The van der Waals surface area contributed by atoms with Crippen molar-refractivity contribution in [3.8, 4) is 16.9 Å². The van der Waals surface area contributed by atoms with Gasteiger partial charge in [0.25, 0.3) is 0 Å². The van der Waals surface area contributed by atoms with Crippen LogP contribution in [0.2, 0.25) is 5.02 Å². The first kappa shape index (κ1) is 24.2. The molecule has 9 heteroatoms. The molecule has 1 aliphatic rings. The average molecular weight is 500 g/mol. The second-order valence-electron chi connectivity index (χ2n) is 7.71. The fourth-order valence-electron chi connectivity index (χ4n) is 3.65. The van der Waals surface area contributed by atoms with Crippen LogP contribution in [0.5, 0.6) is 5.75 Å². The van der Waals surface area contributed by atoms with E-state index < -0.39 is 29.2 Å². The number of Topliss-reactive ketones (excluding diaryl/α,β-unsaturated/α-hetero) is 1. The number of ketones is 1. The predicted octanol–water partition coefficient (Wildman–Crippen LogP) is 6.44. The third kappa shape index (κ3) is 5.44. The van der Waals surface area contributed by atoms with Gasteiger partial charge in [-0.1, -0.05) is 60.1 Å². The Hall–Kier alpha value is -3.91. The third-order valence-corrected chi connectivity index (χ3v) is 5.65. The van der Waals surface area contributed by atoms with E-state index in [-0.39, 0.29) is 29.4 Å². The van der Waals surface area contributed by atoms with Crippen molar-refractivity contribution in [1.29, 1.82) is 0 Å². The maximum atomic E-state index is 13.7. The van der Waals surface area contributed by atoms with E-state index in [0.29, 0.717) is 22.3 Å². The Labute approximate surface area is 203 Å². The van der Waals surface area contributed by atoms with Crippen LogP contribution < -0.4 is 4.74 Å². The molecule has 0 aliphatic carbocycles. The largest absolute Gasteiger partial charge is 0.489 e. The van der Waals surface area contributed by atoms with Crippen LogP contribution in [-0.2, 0) is 22.4 Å². The molecule has 0 saturated heterocycles. The van der Waals surface area contributed by atoms with Gasteiger partial charge in [-0.2, -0.15) is 13.2 Å². The number of hydrogen-bond donors (Lipinski definition) is 1. The van der Waals surface area contributed by atoms with E-state index in [1.807, 2.05) is 0 Å². The van der Waals surface area contributed by atoms with E-state index in [4.69, 9.17) is 21.4 Å². The minimum atomic E-state index is -4.57. The first-order chi connectivity index (χ1) is 16.6. The van der Waals surface area contributed by atoms with Crippen molar-refractivity contribution >= 4 is 34.6 Å². The standard InChI is InChI=1S/C26H17ClF3NO4/c27-22-10-15(6-8-20(22)17-11-23(32)24(25(33)34)31-13-17)14-35-18-7-9-19(16-4-2-1-3-5-16)21(12-18)26(28,29)30/h1-10,12-13H,11,14H2,(H,33,34). The van der Waals surface area contributed by atoms with Crippen LogP contribution >= 0.6 is 11.6 Å². The van der Waals surface area contributed by atoms with Crippen molar-refractivity contribution in [3.05, 3.63) is 94.6 Å². The van der Waals surface area contributed by atoms with Gasteiger partial charge in [-0.25, -0.2) is 9.79 Å². The molecule has 0 unspecified atom stereocenters. The molecule has 0 radical (unpaired) electrons. The quantitative estimate of drug-likeness (QED) is 0.423. The number of aliphatic imine (C=N–C) groups is 1. The fraction of sp³-hybridized carbons (Fsp3) is 0.115. The summed E-state index contributed by atoms with van der Waals surface area (Å²) in [5.41, 5.74) is 0.728. The molecule has 178 valence electrons. The predicted molar refractivity (Wildman–Crippen MR) is 125 cm³/mol. The van der Waals surface area contributed by atoms with Gasteiger partial charge >= 0.3 is 12.1 Å². The molecule has 0 fully saturated rings. The molecule has 0 aromatic heterocycles. The zero-order valence-corrected chi connectivity index (χ0v) is 18.7. The number of allylic oxidation sites excluding steroid dienone is 1. The Morgan fingerprint density at radius 1 is 1.03 bits per heavy atom. The highest BCUT2D eigenvalue weighted by Crippen LogP contribution is 2.39. The fourth-order valence-corrected chi connectivity index (χ4v) is 3.97. The van der Waals surface area contributed by atoms with Gasteiger partial charge < -0.3 is 9.84 Å². The van der Waals surface area contributed by atoms with Gasteiger partial charge in [-0.05, 0) is 46.0 Å².